The fraction of sp³-hybridized carbons (Fsp3) is 0.304. The molecule has 32 heavy (non-hydrogen) atoms. The second-order valence-corrected chi connectivity index (χ2v) is 7.32. The number of piperazine rings is 1. The van der Waals surface area contributed by atoms with Crippen LogP contribution >= 0.6 is 0 Å². The molecule has 0 bridgehead atoms. The first kappa shape index (κ1) is 21.4. The van der Waals surface area contributed by atoms with E-state index in [1.165, 1.54) is 0 Å². The Morgan fingerprint density at radius 3 is 2.47 bits per heavy atom. The summed E-state index contributed by atoms with van der Waals surface area (Å²) in [7, 11) is 3.10. The van der Waals surface area contributed by atoms with Crippen LogP contribution in [0.25, 0.3) is 0 Å². The minimum Gasteiger partial charge on any atom is -0.493 e. The number of aryl methyl sites for hydroxylation is 1. The Labute approximate surface area is 187 Å². The van der Waals surface area contributed by atoms with Gasteiger partial charge in [-0.3, -0.25) is 4.79 Å². The summed E-state index contributed by atoms with van der Waals surface area (Å²) >= 11 is 0. The SMILES string of the molecule is COc1cccc(C(=O)N2CCN(c3cc(Nc4ccccn4)nc(C)n3)CC2)c1OC. The molecule has 2 aromatic heterocycles. The summed E-state index contributed by atoms with van der Waals surface area (Å²) in [6.07, 6.45) is 1.73. The number of benzene rings is 1. The van der Waals surface area contributed by atoms with Gasteiger partial charge in [0.1, 0.15) is 23.3 Å². The second kappa shape index (κ2) is 9.51. The summed E-state index contributed by atoms with van der Waals surface area (Å²) < 4.78 is 10.8. The van der Waals surface area contributed by atoms with Gasteiger partial charge < -0.3 is 24.6 Å². The number of hydrogen-bond acceptors (Lipinski definition) is 8. The molecule has 1 aliphatic heterocycles. The molecule has 1 aromatic carbocycles. The van der Waals surface area contributed by atoms with Crippen molar-refractivity contribution in [2.45, 2.75) is 6.92 Å². The minimum atomic E-state index is -0.0724. The van der Waals surface area contributed by atoms with Gasteiger partial charge in [0.2, 0.25) is 0 Å². The van der Waals surface area contributed by atoms with Gasteiger partial charge in [-0.05, 0) is 31.2 Å². The van der Waals surface area contributed by atoms with Crippen molar-refractivity contribution >= 4 is 23.4 Å². The molecular weight excluding hydrogens is 408 g/mol. The number of methoxy groups -OCH3 is 2. The minimum absolute atomic E-state index is 0.0724. The first-order valence-corrected chi connectivity index (χ1v) is 10.4. The molecule has 0 spiro atoms. The molecule has 1 fully saturated rings. The van der Waals surface area contributed by atoms with Gasteiger partial charge in [-0.2, -0.15) is 0 Å². The van der Waals surface area contributed by atoms with Crippen LogP contribution in [0.2, 0.25) is 0 Å². The van der Waals surface area contributed by atoms with Gasteiger partial charge in [0, 0.05) is 38.4 Å². The second-order valence-electron chi connectivity index (χ2n) is 7.32. The van der Waals surface area contributed by atoms with Crippen LogP contribution < -0.4 is 19.7 Å². The van der Waals surface area contributed by atoms with Crippen LogP contribution in [0.1, 0.15) is 16.2 Å². The first-order chi connectivity index (χ1) is 15.6. The molecule has 3 aromatic rings. The Balaban J connectivity index is 1.46. The average Bonchev–Trinajstić information content (AvgIpc) is 2.83. The van der Waals surface area contributed by atoms with Crippen molar-refractivity contribution in [1.82, 2.24) is 19.9 Å². The molecule has 0 radical (unpaired) electrons. The van der Waals surface area contributed by atoms with E-state index in [1.807, 2.05) is 36.1 Å². The predicted molar refractivity (Wildman–Crippen MR) is 122 cm³/mol. The monoisotopic (exact) mass is 434 g/mol. The average molecular weight is 435 g/mol. The maximum atomic E-state index is 13.1. The largest absolute Gasteiger partial charge is 0.493 e. The number of carbonyl (C=O) groups is 1. The molecule has 166 valence electrons. The summed E-state index contributed by atoms with van der Waals surface area (Å²) in [5.41, 5.74) is 0.500. The van der Waals surface area contributed by atoms with E-state index in [0.717, 1.165) is 11.6 Å². The molecule has 3 heterocycles. The van der Waals surface area contributed by atoms with Crippen molar-refractivity contribution in [1.29, 1.82) is 0 Å². The number of carbonyl (C=O) groups excluding carboxylic acids is 1. The molecule has 1 N–H and O–H groups in total. The van der Waals surface area contributed by atoms with Crippen molar-refractivity contribution in [3.8, 4) is 11.5 Å². The third-order valence-electron chi connectivity index (χ3n) is 5.27. The van der Waals surface area contributed by atoms with Gasteiger partial charge >= 0.3 is 0 Å². The van der Waals surface area contributed by atoms with Crippen molar-refractivity contribution in [3.63, 3.8) is 0 Å². The standard InChI is InChI=1S/C23H26N6O3/c1-16-25-20(27-19-9-4-5-10-24-19)15-21(26-16)28-11-13-29(14-12-28)23(30)17-7-6-8-18(31-2)22(17)32-3/h4-10,15H,11-14H2,1-3H3,(H,24,25,26,27). The highest BCUT2D eigenvalue weighted by Gasteiger charge is 2.26. The number of para-hydroxylation sites is 1. The third-order valence-corrected chi connectivity index (χ3v) is 5.27. The highest BCUT2D eigenvalue weighted by molar-refractivity contribution is 5.98. The molecule has 9 heteroatoms. The topological polar surface area (TPSA) is 92.7 Å². The number of ether oxygens (including phenoxy) is 2. The molecule has 4 rings (SSSR count). The molecule has 0 unspecified atom stereocenters. The fourth-order valence-electron chi connectivity index (χ4n) is 3.71. The maximum Gasteiger partial charge on any atom is 0.257 e. The van der Waals surface area contributed by atoms with E-state index < -0.39 is 0 Å². The number of aromatic nitrogens is 3. The quantitative estimate of drug-likeness (QED) is 0.633. The van der Waals surface area contributed by atoms with Crippen molar-refractivity contribution in [2.24, 2.45) is 0 Å². The first-order valence-electron chi connectivity index (χ1n) is 10.4. The molecule has 0 aliphatic carbocycles. The lowest BCUT2D eigenvalue weighted by Gasteiger charge is -2.35. The number of hydrogen-bond donors (Lipinski definition) is 1. The van der Waals surface area contributed by atoms with Crippen LogP contribution in [-0.4, -0.2) is 66.2 Å². The lowest BCUT2D eigenvalue weighted by Crippen LogP contribution is -2.49. The van der Waals surface area contributed by atoms with Crippen LogP contribution in [0.4, 0.5) is 17.5 Å². The van der Waals surface area contributed by atoms with Crippen LogP contribution in [0.15, 0.2) is 48.7 Å². The molecule has 0 saturated carbocycles. The molecule has 9 nitrogen and oxygen atoms in total. The van der Waals surface area contributed by atoms with E-state index in [-0.39, 0.29) is 5.91 Å². The van der Waals surface area contributed by atoms with Gasteiger partial charge in [-0.15, -0.1) is 0 Å². The van der Waals surface area contributed by atoms with E-state index in [0.29, 0.717) is 54.9 Å². The summed E-state index contributed by atoms with van der Waals surface area (Å²) in [5.74, 6) is 3.82. The number of nitrogens with one attached hydrogen (secondary N) is 1. The van der Waals surface area contributed by atoms with E-state index in [4.69, 9.17) is 9.47 Å². The molecule has 1 saturated heterocycles. The van der Waals surface area contributed by atoms with E-state index in [1.54, 1.807) is 38.6 Å². The van der Waals surface area contributed by atoms with Gasteiger partial charge in [-0.25, -0.2) is 15.0 Å². The molecular formula is C23H26N6O3. The number of rotatable bonds is 6. The van der Waals surface area contributed by atoms with E-state index in [2.05, 4.69) is 25.2 Å². The van der Waals surface area contributed by atoms with Gasteiger partial charge in [-0.1, -0.05) is 12.1 Å². The van der Waals surface area contributed by atoms with Gasteiger partial charge in [0.05, 0.1) is 19.8 Å². The van der Waals surface area contributed by atoms with Crippen LogP contribution in [0.3, 0.4) is 0 Å². The van der Waals surface area contributed by atoms with Crippen molar-refractivity contribution < 1.29 is 14.3 Å². The normalized spacial score (nSPS) is 13.6. The van der Waals surface area contributed by atoms with E-state index in [9.17, 15) is 4.79 Å². The number of amides is 1. The highest BCUT2D eigenvalue weighted by atomic mass is 16.5. The van der Waals surface area contributed by atoms with Crippen LogP contribution in [0, 0.1) is 6.92 Å². The Hall–Kier alpha value is -3.88. The van der Waals surface area contributed by atoms with Gasteiger partial charge in [0.15, 0.2) is 11.5 Å². The summed E-state index contributed by atoms with van der Waals surface area (Å²) in [6, 6.07) is 12.9. The Kier molecular flexibility index (Phi) is 6.34. The van der Waals surface area contributed by atoms with Crippen molar-refractivity contribution in [2.75, 3.05) is 50.6 Å². The molecule has 0 atom stereocenters. The highest BCUT2D eigenvalue weighted by Crippen LogP contribution is 2.32. The van der Waals surface area contributed by atoms with Crippen molar-refractivity contribution in [3.05, 3.63) is 60.0 Å². The zero-order valence-corrected chi connectivity index (χ0v) is 18.4. The lowest BCUT2D eigenvalue weighted by molar-refractivity contribution is 0.0742. The summed E-state index contributed by atoms with van der Waals surface area (Å²) in [6.45, 7) is 4.34. The Morgan fingerprint density at radius 2 is 1.78 bits per heavy atom. The smallest absolute Gasteiger partial charge is 0.257 e. The maximum absolute atomic E-state index is 13.1. The molecule has 1 aliphatic rings. The zero-order chi connectivity index (χ0) is 22.5. The zero-order valence-electron chi connectivity index (χ0n) is 18.4. The number of nitrogens with zero attached hydrogens (tertiary/aromatic N) is 5. The predicted octanol–water partition coefficient (Wildman–Crippen LogP) is 2.90. The van der Waals surface area contributed by atoms with Gasteiger partial charge in [0.25, 0.3) is 5.91 Å². The Morgan fingerprint density at radius 1 is 0.969 bits per heavy atom. The fourth-order valence-corrected chi connectivity index (χ4v) is 3.71. The lowest BCUT2D eigenvalue weighted by atomic mass is 10.1. The Bertz CT molecular complexity index is 1080. The molecule has 1 amide bonds. The van der Waals surface area contributed by atoms with Crippen LogP contribution in [0.5, 0.6) is 11.5 Å². The summed E-state index contributed by atoms with van der Waals surface area (Å²) in [4.78, 5) is 30.5. The summed E-state index contributed by atoms with van der Waals surface area (Å²) in [5, 5.41) is 3.22. The third kappa shape index (κ3) is 4.56. The van der Waals surface area contributed by atoms with E-state index >= 15 is 0 Å². The van der Waals surface area contributed by atoms with Crippen LogP contribution in [-0.2, 0) is 0 Å². The number of anilines is 3. The number of pyridine rings is 1.